The van der Waals surface area contributed by atoms with Gasteiger partial charge in [0.2, 0.25) is 0 Å². The average molecular weight is 307 g/mol. The Morgan fingerprint density at radius 3 is 2.67 bits per heavy atom. The molecule has 0 bridgehead atoms. The van der Waals surface area contributed by atoms with Crippen LogP contribution in [0.3, 0.4) is 0 Å². The number of nitrogens with zero attached hydrogens (tertiary/aromatic N) is 3. The Labute approximate surface area is 131 Å². The topological polar surface area (TPSA) is 47.1 Å². The van der Waals surface area contributed by atoms with Gasteiger partial charge in [-0.3, -0.25) is 9.58 Å². The van der Waals surface area contributed by atoms with Crippen LogP contribution in [0.15, 0.2) is 24.3 Å². The number of nitrogens with two attached hydrogens (primary N) is 1. The van der Waals surface area contributed by atoms with Crippen molar-refractivity contribution in [1.82, 2.24) is 14.7 Å². The van der Waals surface area contributed by atoms with Crippen molar-refractivity contribution < 1.29 is 0 Å². The molecule has 4 nitrogen and oxygen atoms in total. The van der Waals surface area contributed by atoms with Gasteiger partial charge in [0.05, 0.1) is 16.4 Å². The molecule has 0 aliphatic carbocycles. The molecule has 1 heterocycles. The van der Waals surface area contributed by atoms with Crippen LogP contribution in [0.25, 0.3) is 0 Å². The lowest BCUT2D eigenvalue weighted by Crippen LogP contribution is -2.24. The summed E-state index contributed by atoms with van der Waals surface area (Å²) in [6, 6.07) is 8.02. The predicted octanol–water partition coefficient (Wildman–Crippen LogP) is 3.47. The van der Waals surface area contributed by atoms with Crippen molar-refractivity contribution in [3.05, 3.63) is 46.2 Å². The zero-order valence-electron chi connectivity index (χ0n) is 12.9. The summed E-state index contributed by atoms with van der Waals surface area (Å²) in [5.41, 5.74) is 9.85. The van der Waals surface area contributed by atoms with Gasteiger partial charge in [-0.05, 0) is 38.1 Å². The fourth-order valence-corrected chi connectivity index (χ4v) is 2.66. The number of aryl methyl sites for hydroxylation is 2. The molecule has 1 aromatic heterocycles. The van der Waals surface area contributed by atoms with Crippen LogP contribution in [0, 0.1) is 6.92 Å². The van der Waals surface area contributed by atoms with E-state index in [0.717, 1.165) is 48.3 Å². The number of hydrogen-bond acceptors (Lipinski definition) is 3. The summed E-state index contributed by atoms with van der Waals surface area (Å²) in [7, 11) is 0. The van der Waals surface area contributed by atoms with E-state index in [1.54, 1.807) is 0 Å². The minimum atomic E-state index is 0.780. The molecule has 21 heavy (non-hydrogen) atoms. The van der Waals surface area contributed by atoms with Crippen molar-refractivity contribution in [2.24, 2.45) is 0 Å². The van der Waals surface area contributed by atoms with Crippen LogP contribution in [0.4, 0.5) is 5.69 Å². The van der Waals surface area contributed by atoms with Crippen molar-refractivity contribution in [2.45, 2.75) is 40.4 Å². The molecule has 5 heteroatoms. The maximum Gasteiger partial charge on any atom is 0.0860 e. The SMILES string of the molecule is CCN(Cc1cccc(N)c1)Cc1c(Cl)c(C)nn1CC. The molecule has 0 saturated carbocycles. The van der Waals surface area contributed by atoms with E-state index in [2.05, 4.69) is 29.9 Å². The first-order valence-electron chi connectivity index (χ1n) is 7.33. The Morgan fingerprint density at radius 2 is 2.05 bits per heavy atom. The van der Waals surface area contributed by atoms with Crippen LogP contribution < -0.4 is 5.73 Å². The molecule has 0 spiro atoms. The molecule has 2 N–H and O–H groups in total. The van der Waals surface area contributed by atoms with Crippen molar-refractivity contribution in [3.8, 4) is 0 Å². The first-order valence-corrected chi connectivity index (χ1v) is 7.71. The molecule has 0 fully saturated rings. The fourth-order valence-electron chi connectivity index (χ4n) is 2.46. The molecule has 2 rings (SSSR count). The second kappa shape index (κ2) is 6.96. The largest absolute Gasteiger partial charge is 0.399 e. The molecule has 0 aliphatic rings. The summed E-state index contributed by atoms with van der Waals surface area (Å²) in [5.74, 6) is 0. The standard InChI is InChI=1S/C16H23ClN4/c1-4-20(10-13-7-6-8-14(18)9-13)11-15-16(17)12(3)19-21(15)5-2/h6-9H,4-5,10-11,18H2,1-3H3. The van der Waals surface area contributed by atoms with Gasteiger partial charge in [0.25, 0.3) is 0 Å². The summed E-state index contributed by atoms with van der Waals surface area (Å²) in [4.78, 5) is 2.34. The molecule has 2 aromatic rings. The fraction of sp³-hybridized carbons (Fsp3) is 0.438. The maximum absolute atomic E-state index is 6.39. The Balaban J connectivity index is 2.16. The number of benzene rings is 1. The van der Waals surface area contributed by atoms with Gasteiger partial charge in [0, 0.05) is 25.3 Å². The number of anilines is 1. The van der Waals surface area contributed by atoms with E-state index < -0.39 is 0 Å². The van der Waals surface area contributed by atoms with Crippen molar-refractivity contribution in [2.75, 3.05) is 12.3 Å². The van der Waals surface area contributed by atoms with Gasteiger partial charge < -0.3 is 5.73 Å². The number of rotatable bonds is 6. The van der Waals surface area contributed by atoms with Gasteiger partial charge in [-0.15, -0.1) is 0 Å². The Bertz CT molecular complexity index is 606. The third-order valence-electron chi connectivity index (χ3n) is 3.63. The molecule has 0 amide bonds. The zero-order chi connectivity index (χ0) is 15.4. The first kappa shape index (κ1) is 15.9. The zero-order valence-corrected chi connectivity index (χ0v) is 13.7. The molecule has 1 aromatic carbocycles. The molecular weight excluding hydrogens is 284 g/mol. The van der Waals surface area contributed by atoms with Gasteiger partial charge in [-0.1, -0.05) is 30.7 Å². The van der Waals surface area contributed by atoms with E-state index >= 15 is 0 Å². The molecular formula is C16H23ClN4. The molecule has 0 aliphatic heterocycles. The Morgan fingerprint density at radius 1 is 1.29 bits per heavy atom. The Hall–Kier alpha value is -1.52. The molecule has 0 unspecified atom stereocenters. The van der Waals surface area contributed by atoms with Crippen LogP contribution in [0.5, 0.6) is 0 Å². The second-order valence-electron chi connectivity index (χ2n) is 5.21. The highest BCUT2D eigenvalue weighted by Gasteiger charge is 2.15. The summed E-state index contributed by atoms with van der Waals surface area (Å²) in [5, 5.41) is 5.26. The lowest BCUT2D eigenvalue weighted by Gasteiger charge is -2.21. The van der Waals surface area contributed by atoms with E-state index in [9.17, 15) is 0 Å². The number of hydrogen-bond donors (Lipinski definition) is 1. The minimum absolute atomic E-state index is 0.780. The van der Waals surface area contributed by atoms with Crippen LogP contribution in [-0.4, -0.2) is 21.2 Å². The highest BCUT2D eigenvalue weighted by atomic mass is 35.5. The average Bonchev–Trinajstić information content (AvgIpc) is 2.74. The van der Waals surface area contributed by atoms with E-state index in [1.807, 2.05) is 29.8 Å². The minimum Gasteiger partial charge on any atom is -0.399 e. The Kier molecular flexibility index (Phi) is 5.26. The van der Waals surface area contributed by atoms with Crippen LogP contribution >= 0.6 is 11.6 Å². The summed E-state index contributed by atoms with van der Waals surface area (Å²) < 4.78 is 1.99. The second-order valence-corrected chi connectivity index (χ2v) is 5.59. The van der Waals surface area contributed by atoms with E-state index in [4.69, 9.17) is 17.3 Å². The number of halogens is 1. The van der Waals surface area contributed by atoms with Crippen LogP contribution in [0.1, 0.15) is 30.8 Å². The van der Waals surface area contributed by atoms with E-state index in [0.29, 0.717) is 0 Å². The molecule has 114 valence electrons. The van der Waals surface area contributed by atoms with Crippen LogP contribution in [0.2, 0.25) is 5.02 Å². The highest BCUT2D eigenvalue weighted by Crippen LogP contribution is 2.22. The van der Waals surface area contributed by atoms with Gasteiger partial charge in [-0.2, -0.15) is 5.10 Å². The third-order valence-corrected chi connectivity index (χ3v) is 4.12. The first-order chi connectivity index (χ1) is 10.0. The molecule has 0 atom stereocenters. The smallest absolute Gasteiger partial charge is 0.0860 e. The summed E-state index contributed by atoms with van der Waals surface area (Å²) in [6.45, 7) is 9.61. The van der Waals surface area contributed by atoms with E-state index in [1.165, 1.54) is 5.56 Å². The monoisotopic (exact) mass is 306 g/mol. The molecule has 0 saturated heterocycles. The number of aromatic nitrogens is 2. The van der Waals surface area contributed by atoms with Crippen molar-refractivity contribution in [3.63, 3.8) is 0 Å². The quantitative estimate of drug-likeness (QED) is 0.831. The van der Waals surface area contributed by atoms with Gasteiger partial charge in [-0.25, -0.2) is 0 Å². The summed E-state index contributed by atoms with van der Waals surface area (Å²) >= 11 is 6.39. The normalized spacial score (nSPS) is 11.3. The van der Waals surface area contributed by atoms with Gasteiger partial charge in [0.1, 0.15) is 0 Å². The predicted molar refractivity (Wildman–Crippen MR) is 88.3 cm³/mol. The van der Waals surface area contributed by atoms with Crippen molar-refractivity contribution >= 4 is 17.3 Å². The van der Waals surface area contributed by atoms with Gasteiger partial charge >= 0.3 is 0 Å². The maximum atomic E-state index is 6.39. The van der Waals surface area contributed by atoms with Crippen molar-refractivity contribution in [1.29, 1.82) is 0 Å². The van der Waals surface area contributed by atoms with E-state index in [-0.39, 0.29) is 0 Å². The third kappa shape index (κ3) is 3.77. The number of nitrogen functional groups attached to an aromatic ring is 1. The summed E-state index contributed by atoms with van der Waals surface area (Å²) in [6.07, 6.45) is 0. The molecule has 0 radical (unpaired) electrons. The van der Waals surface area contributed by atoms with Gasteiger partial charge in [0.15, 0.2) is 0 Å². The lowest BCUT2D eigenvalue weighted by atomic mass is 10.2. The highest BCUT2D eigenvalue weighted by molar-refractivity contribution is 6.31. The van der Waals surface area contributed by atoms with Crippen LogP contribution in [-0.2, 0) is 19.6 Å². The lowest BCUT2D eigenvalue weighted by molar-refractivity contribution is 0.262.